The fourth-order valence-electron chi connectivity index (χ4n) is 1.25. The maximum absolute atomic E-state index is 4.03. The molecule has 0 spiro atoms. The molecule has 0 unspecified atom stereocenters. The Morgan fingerprint density at radius 1 is 1.29 bits per heavy atom. The van der Waals surface area contributed by atoms with E-state index in [0.717, 1.165) is 16.7 Å². The van der Waals surface area contributed by atoms with E-state index < -0.39 is 0 Å². The topological polar surface area (TPSA) is 30.7 Å². The first kappa shape index (κ1) is 9.40. The summed E-state index contributed by atoms with van der Waals surface area (Å²) in [6, 6.07) is 8.23. The SMILES string of the molecule is Cn1cnnc1Cc1ccc(Br)cc1. The van der Waals surface area contributed by atoms with Gasteiger partial charge in [-0.15, -0.1) is 10.2 Å². The second-order valence-corrected chi connectivity index (χ2v) is 4.08. The molecule has 0 aliphatic carbocycles. The van der Waals surface area contributed by atoms with Crippen LogP contribution in [0.2, 0.25) is 0 Å². The highest BCUT2D eigenvalue weighted by molar-refractivity contribution is 9.10. The van der Waals surface area contributed by atoms with Gasteiger partial charge in [0.05, 0.1) is 0 Å². The molecule has 0 bridgehead atoms. The van der Waals surface area contributed by atoms with Crippen LogP contribution in [-0.2, 0) is 13.5 Å². The molecule has 0 aliphatic rings. The summed E-state index contributed by atoms with van der Waals surface area (Å²) in [4.78, 5) is 0. The smallest absolute Gasteiger partial charge is 0.136 e. The minimum absolute atomic E-state index is 0.823. The quantitative estimate of drug-likeness (QED) is 0.820. The number of hydrogen-bond acceptors (Lipinski definition) is 2. The van der Waals surface area contributed by atoms with Crippen LogP contribution in [0, 0.1) is 0 Å². The molecule has 3 nitrogen and oxygen atoms in total. The minimum atomic E-state index is 0.823. The summed E-state index contributed by atoms with van der Waals surface area (Å²) >= 11 is 3.40. The van der Waals surface area contributed by atoms with Gasteiger partial charge in [0.1, 0.15) is 12.2 Å². The maximum atomic E-state index is 4.03. The minimum Gasteiger partial charge on any atom is -0.320 e. The van der Waals surface area contributed by atoms with E-state index in [1.165, 1.54) is 5.56 Å². The molecule has 1 aromatic heterocycles. The van der Waals surface area contributed by atoms with Crippen LogP contribution in [0.15, 0.2) is 35.1 Å². The van der Waals surface area contributed by atoms with Gasteiger partial charge < -0.3 is 4.57 Å². The molecule has 4 heteroatoms. The predicted molar refractivity (Wildman–Crippen MR) is 58.0 cm³/mol. The third kappa shape index (κ3) is 2.01. The first-order chi connectivity index (χ1) is 6.75. The van der Waals surface area contributed by atoms with Gasteiger partial charge >= 0.3 is 0 Å². The van der Waals surface area contributed by atoms with Crippen LogP contribution >= 0.6 is 15.9 Å². The number of aryl methyl sites for hydroxylation is 1. The summed E-state index contributed by atoms with van der Waals surface area (Å²) < 4.78 is 3.03. The Balaban J connectivity index is 2.19. The van der Waals surface area contributed by atoms with Crippen LogP contribution in [0.3, 0.4) is 0 Å². The fraction of sp³-hybridized carbons (Fsp3) is 0.200. The van der Waals surface area contributed by atoms with Crippen molar-refractivity contribution in [2.45, 2.75) is 6.42 Å². The molecule has 72 valence electrons. The van der Waals surface area contributed by atoms with E-state index in [9.17, 15) is 0 Å². The van der Waals surface area contributed by atoms with Crippen LogP contribution in [0.1, 0.15) is 11.4 Å². The second kappa shape index (κ2) is 3.92. The Bertz CT molecular complexity index is 419. The van der Waals surface area contributed by atoms with Gasteiger partial charge in [-0.25, -0.2) is 0 Å². The molecule has 0 amide bonds. The molecule has 14 heavy (non-hydrogen) atoms. The van der Waals surface area contributed by atoms with Crippen molar-refractivity contribution in [3.63, 3.8) is 0 Å². The van der Waals surface area contributed by atoms with Crippen LogP contribution < -0.4 is 0 Å². The second-order valence-electron chi connectivity index (χ2n) is 3.16. The van der Waals surface area contributed by atoms with E-state index in [1.807, 2.05) is 23.7 Å². The van der Waals surface area contributed by atoms with Crippen molar-refractivity contribution >= 4 is 15.9 Å². The van der Waals surface area contributed by atoms with Crippen LogP contribution in [0.5, 0.6) is 0 Å². The highest BCUT2D eigenvalue weighted by Gasteiger charge is 2.01. The third-order valence-corrected chi connectivity index (χ3v) is 2.61. The van der Waals surface area contributed by atoms with Gasteiger partial charge in [-0.3, -0.25) is 0 Å². The molecule has 0 radical (unpaired) electrons. The molecule has 0 atom stereocenters. The Morgan fingerprint density at radius 2 is 2.00 bits per heavy atom. The molecular formula is C10H10BrN3. The first-order valence-electron chi connectivity index (χ1n) is 4.33. The first-order valence-corrected chi connectivity index (χ1v) is 5.12. The lowest BCUT2D eigenvalue weighted by molar-refractivity contribution is 0.821. The average molecular weight is 252 g/mol. The van der Waals surface area contributed by atoms with Crippen molar-refractivity contribution in [1.29, 1.82) is 0 Å². The lowest BCUT2D eigenvalue weighted by Crippen LogP contribution is -1.98. The highest BCUT2D eigenvalue weighted by Crippen LogP contribution is 2.12. The molecule has 2 rings (SSSR count). The largest absolute Gasteiger partial charge is 0.320 e. The Kier molecular flexibility index (Phi) is 2.63. The number of aromatic nitrogens is 3. The van der Waals surface area contributed by atoms with Crippen molar-refractivity contribution in [1.82, 2.24) is 14.8 Å². The van der Waals surface area contributed by atoms with E-state index in [-0.39, 0.29) is 0 Å². The van der Waals surface area contributed by atoms with E-state index >= 15 is 0 Å². The number of rotatable bonds is 2. The molecule has 1 aromatic carbocycles. The molecular weight excluding hydrogens is 242 g/mol. The average Bonchev–Trinajstić information content (AvgIpc) is 2.56. The summed E-state index contributed by atoms with van der Waals surface area (Å²) in [5, 5.41) is 7.87. The zero-order valence-electron chi connectivity index (χ0n) is 7.81. The summed E-state index contributed by atoms with van der Waals surface area (Å²) in [6.45, 7) is 0. The monoisotopic (exact) mass is 251 g/mol. The molecule has 1 heterocycles. The van der Waals surface area contributed by atoms with E-state index in [0.29, 0.717) is 0 Å². The Labute approximate surface area is 90.9 Å². The molecule has 2 aromatic rings. The maximum Gasteiger partial charge on any atom is 0.136 e. The van der Waals surface area contributed by atoms with Gasteiger partial charge in [-0.05, 0) is 17.7 Å². The van der Waals surface area contributed by atoms with E-state index in [1.54, 1.807) is 6.33 Å². The summed E-state index contributed by atoms with van der Waals surface area (Å²) in [6.07, 6.45) is 2.54. The number of halogens is 1. The van der Waals surface area contributed by atoms with Crippen LogP contribution in [0.4, 0.5) is 0 Å². The number of benzene rings is 1. The van der Waals surface area contributed by atoms with Crippen molar-refractivity contribution < 1.29 is 0 Å². The van der Waals surface area contributed by atoms with Gasteiger partial charge in [0.15, 0.2) is 0 Å². The van der Waals surface area contributed by atoms with Gasteiger partial charge in [0.2, 0.25) is 0 Å². The van der Waals surface area contributed by atoms with Gasteiger partial charge in [-0.1, -0.05) is 28.1 Å². The van der Waals surface area contributed by atoms with Gasteiger partial charge in [0, 0.05) is 17.9 Å². The van der Waals surface area contributed by atoms with Gasteiger partial charge in [0.25, 0.3) is 0 Å². The zero-order chi connectivity index (χ0) is 9.97. The highest BCUT2D eigenvalue weighted by atomic mass is 79.9. The Hall–Kier alpha value is -1.16. The summed E-state index contributed by atoms with van der Waals surface area (Å²) in [7, 11) is 1.95. The number of hydrogen-bond donors (Lipinski definition) is 0. The molecule has 0 fully saturated rings. The number of nitrogens with zero attached hydrogens (tertiary/aromatic N) is 3. The van der Waals surface area contributed by atoms with Gasteiger partial charge in [-0.2, -0.15) is 0 Å². The zero-order valence-corrected chi connectivity index (χ0v) is 9.40. The Morgan fingerprint density at radius 3 is 2.57 bits per heavy atom. The molecule has 0 saturated heterocycles. The molecule has 0 aliphatic heterocycles. The lowest BCUT2D eigenvalue weighted by atomic mass is 10.1. The normalized spacial score (nSPS) is 10.4. The third-order valence-electron chi connectivity index (χ3n) is 2.08. The predicted octanol–water partition coefficient (Wildman–Crippen LogP) is 2.17. The van der Waals surface area contributed by atoms with Crippen molar-refractivity contribution in [3.8, 4) is 0 Å². The molecule has 0 N–H and O–H groups in total. The molecule has 0 saturated carbocycles. The van der Waals surface area contributed by atoms with Crippen molar-refractivity contribution in [3.05, 3.63) is 46.5 Å². The van der Waals surface area contributed by atoms with E-state index in [4.69, 9.17) is 0 Å². The van der Waals surface area contributed by atoms with Crippen molar-refractivity contribution in [2.24, 2.45) is 7.05 Å². The summed E-state index contributed by atoms with van der Waals surface area (Å²) in [5.74, 6) is 0.979. The van der Waals surface area contributed by atoms with Crippen molar-refractivity contribution in [2.75, 3.05) is 0 Å². The van der Waals surface area contributed by atoms with E-state index in [2.05, 4.69) is 38.3 Å². The lowest BCUT2D eigenvalue weighted by Gasteiger charge is -2.00. The van der Waals surface area contributed by atoms with Crippen LogP contribution in [0.25, 0.3) is 0 Å². The fourth-order valence-corrected chi connectivity index (χ4v) is 1.52. The standard InChI is InChI=1S/C10H10BrN3/c1-14-7-12-13-10(14)6-8-2-4-9(11)5-3-8/h2-5,7H,6H2,1H3. The summed E-state index contributed by atoms with van der Waals surface area (Å²) in [5.41, 5.74) is 1.24. The van der Waals surface area contributed by atoms with Crippen LogP contribution in [-0.4, -0.2) is 14.8 Å².